The van der Waals surface area contributed by atoms with Gasteiger partial charge in [-0.2, -0.15) is 8.42 Å². The lowest BCUT2D eigenvalue weighted by molar-refractivity contribution is -0.211. The molecule has 1 saturated heterocycles. The number of hydrogen-bond acceptors (Lipinski definition) is 6. The number of halogens is 1. The second-order valence-electron chi connectivity index (χ2n) is 5.68. The van der Waals surface area contributed by atoms with Gasteiger partial charge < -0.3 is 9.47 Å². The van der Waals surface area contributed by atoms with Gasteiger partial charge in [-0.1, -0.05) is 11.6 Å². The van der Waals surface area contributed by atoms with Gasteiger partial charge in [-0.05, 0) is 39.3 Å². The molecular formula is C14H23ClN2O5S. The molecule has 0 aromatic heterocycles. The first kappa shape index (κ1) is 20.3. The van der Waals surface area contributed by atoms with E-state index in [1.54, 1.807) is 32.3 Å². The quantitative estimate of drug-likeness (QED) is 0.571. The molecule has 0 aromatic carbocycles. The minimum absolute atomic E-state index is 0.252. The summed E-state index contributed by atoms with van der Waals surface area (Å²) in [6.07, 6.45) is 3.60. The van der Waals surface area contributed by atoms with Crippen LogP contribution in [0.3, 0.4) is 0 Å². The predicted molar refractivity (Wildman–Crippen MR) is 89.6 cm³/mol. The van der Waals surface area contributed by atoms with E-state index in [9.17, 15) is 8.42 Å². The van der Waals surface area contributed by atoms with Gasteiger partial charge in [0.1, 0.15) is 12.2 Å². The molecule has 1 aliphatic rings. The van der Waals surface area contributed by atoms with Gasteiger partial charge in [0.05, 0.1) is 18.8 Å². The highest BCUT2D eigenvalue weighted by Gasteiger charge is 2.38. The van der Waals surface area contributed by atoms with E-state index in [1.165, 1.54) is 0 Å². The largest absolute Gasteiger partial charge is 0.370 e. The Balaban J connectivity index is 2.99. The summed E-state index contributed by atoms with van der Waals surface area (Å²) in [7, 11) is -4.06. The number of ether oxygens (including phenoxy) is 2. The fourth-order valence-corrected chi connectivity index (χ4v) is 2.46. The molecule has 1 fully saturated rings. The van der Waals surface area contributed by atoms with E-state index >= 15 is 0 Å². The third-order valence-electron chi connectivity index (χ3n) is 3.08. The lowest BCUT2D eigenvalue weighted by atomic mass is 10.0. The fraction of sp³-hybridized carbons (Fsp3) is 0.643. The van der Waals surface area contributed by atoms with Crippen molar-refractivity contribution in [1.29, 1.82) is 0 Å². The molecule has 2 unspecified atom stereocenters. The number of aliphatic imine (C=N–C) groups is 1. The summed E-state index contributed by atoms with van der Waals surface area (Å²) in [4.78, 5) is 3.94. The first-order valence-electron chi connectivity index (χ1n) is 7.03. The Morgan fingerprint density at radius 1 is 1.52 bits per heavy atom. The minimum atomic E-state index is -4.06. The molecule has 2 N–H and O–H groups in total. The second kappa shape index (κ2) is 8.36. The maximum Gasteiger partial charge on any atom is 0.333 e. The van der Waals surface area contributed by atoms with Crippen LogP contribution in [0.4, 0.5) is 0 Å². The predicted octanol–water partition coefficient (Wildman–Crippen LogP) is 1.89. The summed E-state index contributed by atoms with van der Waals surface area (Å²) >= 11 is 6.25. The fourth-order valence-electron chi connectivity index (χ4n) is 1.98. The van der Waals surface area contributed by atoms with Crippen molar-refractivity contribution in [2.75, 3.05) is 13.2 Å². The number of hydrogen-bond donors (Lipinski definition) is 1. The third kappa shape index (κ3) is 7.11. The average molecular weight is 367 g/mol. The Bertz CT molecular complexity index is 598. The Labute approximate surface area is 142 Å². The number of nitrogens with two attached hydrogens (primary N) is 1. The minimum Gasteiger partial charge on any atom is -0.370 e. The molecule has 0 radical (unpaired) electrons. The summed E-state index contributed by atoms with van der Waals surface area (Å²) in [6, 6.07) is 0. The summed E-state index contributed by atoms with van der Waals surface area (Å²) in [5, 5.41) is 5.29. The van der Waals surface area contributed by atoms with Crippen molar-refractivity contribution in [3.8, 4) is 0 Å². The van der Waals surface area contributed by atoms with E-state index in [0.717, 1.165) is 0 Å². The van der Waals surface area contributed by atoms with Crippen LogP contribution in [0.1, 0.15) is 27.7 Å². The lowest BCUT2D eigenvalue weighted by Gasteiger charge is -2.41. The van der Waals surface area contributed by atoms with E-state index in [2.05, 4.69) is 9.18 Å². The van der Waals surface area contributed by atoms with Crippen molar-refractivity contribution in [3.05, 3.63) is 22.9 Å². The summed E-state index contributed by atoms with van der Waals surface area (Å²) in [6.45, 7) is 7.35. The maximum absolute atomic E-state index is 11.0. The smallest absolute Gasteiger partial charge is 0.333 e. The molecule has 7 nitrogen and oxygen atoms in total. The summed E-state index contributed by atoms with van der Waals surface area (Å²) < 4.78 is 38.3. The van der Waals surface area contributed by atoms with Gasteiger partial charge in [-0.15, -0.1) is 0 Å². The zero-order valence-electron chi connectivity index (χ0n) is 13.7. The Morgan fingerprint density at radius 3 is 2.74 bits per heavy atom. The number of rotatable bonds is 6. The SMILES string of the molecule is C\C=N/C=C\C(Cl)=C(/C)C1OC(C)(C)COC1COS(N)(=O)=O. The van der Waals surface area contributed by atoms with Crippen molar-refractivity contribution in [2.45, 2.75) is 45.5 Å². The normalized spacial score (nSPS) is 26.7. The standard InChI is InChI=1S/C14H23ClN2O5S/c1-5-17-7-6-11(15)10(2)13-12(8-21-23(16,18)19)20-9-14(3,4)22-13/h5-7,12-13H,8-9H2,1-4H3,(H2,16,18,19)/b7-6-,11-10-,17-5-. The van der Waals surface area contributed by atoms with Crippen molar-refractivity contribution in [1.82, 2.24) is 0 Å². The first-order chi connectivity index (χ1) is 10.6. The second-order valence-corrected chi connectivity index (χ2v) is 7.31. The Hall–Kier alpha value is -0.770. The van der Waals surface area contributed by atoms with Gasteiger partial charge >= 0.3 is 10.3 Å². The molecule has 2 atom stereocenters. The molecule has 1 aliphatic heterocycles. The molecular weight excluding hydrogens is 344 g/mol. The van der Waals surface area contributed by atoms with Gasteiger partial charge in [0, 0.05) is 17.4 Å². The monoisotopic (exact) mass is 366 g/mol. The Kier molecular flexibility index (Phi) is 7.37. The van der Waals surface area contributed by atoms with Gasteiger partial charge in [-0.25, -0.2) is 5.14 Å². The molecule has 0 aliphatic carbocycles. The van der Waals surface area contributed by atoms with Crippen LogP contribution in [0.15, 0.2) is 27.9 Å². The van der Waals surface area contributed by atoms with Crippen LogP contribution < -0.4 is 5.14 Å². The van der Waals surface area contributed by atoms with Crippen LogP contribution in [0.2, 0.25) is 0 Å². The van der Waals surface area contributed by atoms with E-state index in [1.807, 2.05) is 13.8 Å². The maximum atomic E-state index is 11.0. The molecule has 0 spiro atoms. The van der Waals surface area contributed by atoms with Crippen LogP contribution in [0, 0.1) is 0 Å². The summed E-state index contributed by atoms with van der Waals surface area (Å²) in [5.41, 5.74) is 0.150. The van der Waals surface area contributed by atoms with Crippen molar-refractivity contribution < 1.29 is 22.1 Å². The van der Waals surface area contributed by atoms with Gasteiger partial charge in [0.2, 0.25) is 0 Å². The van der Waals surface area contributed by atoms with Gasteiger partial charge in [0.25, 0.3) is 0 Å². The molecule has 0 saturated carbocycles. The molecule has 0 bridgehead atoms. The van der Waals surface area contributed by atoms with Gasteiger partial charge in [0.15, 0.2) is 0 Å². The summed E-state index contributed by atoms with van der Waals surface area (Å²) in [5.74, 6) is 0. The molecule has 0 amide bonds. The number of allylic oxidation sites excluding steroid dienone is 2. The Morgan fingerprint density at radius 2 is 2.17 bits per heavy atom. The molecule has 1 rings (SSSR count). The highest BCUT2D eigenvalue weighted by molar-refractivity contribution is 7.84. The molecule has 23 heavy (non-hydrogen) atoms. The molecule has 1 heterocycles. The van der Waals surface area contributed by atoms with Crippen molar-refractivity contribution in [3.63, 3.8) is 0 Å². The molecule has 0 aromatic rings. The van der Waals surface area contributed by atoms with Crippen LogP contribution >= 0.6 is 11.6 Å². The van der Waals surface area contributed by atoms with Crippen LogP contribution in [-0.4, -0.2) is 45.7 Å². The van der Waals surface area contributed by atoms with E-state index in [0.29, 0.717) is 17.2 Å². The number of nitrogens with zero attached hydrogens (tertiary/aromatic N) is 1. The van der Waals surface area contributed by atoms with E-state index < -0.39 is 28.1 Å². The third-order valence-corrected chi connectivity index (χ3v) is 3.97. The highest BCUT2D eigenvalue weighted by atomic mass is 35.5. The zero-order valence-corrected chi connectivity index (χ0v) is 15.2. The molecule has 132 valence electrons. The van der Waals surface area contributed by atoms with Crippen molar-refractivity contribution in [2.24, 2.45) is 10.1 Å². The van der Waals surface area contributed by atoms with Crippen LogP contribution in [-0.2, 0) is 24.0 Å². The molecule has 9 heteroatoms. The van der Waals surface area contributed by atoms with Crippen LogP contribution in [0.5, 0.6) is 0 Å². The van der Waals surface area contributed by atoms with E-state index in [-0.39, 0.29) is 6.61 Å². The first-order valence-corrected chi connectivity index (χ1v) is 8.88. The zero-order chi connectivity index (χ0) is 17.7. The van der Waals surface area contributed by atoms with E-state index in [4.69, 9.17) is 26.2 Å². The highest BCUT2D eigenvalue weighted by Crippen LogP contribution is 2.30. The lowest BCUT2D eigenvalue weighted by Crippen LogP contribution is -2.51. The van der Waals surface area contributed by atoms with Gasteiger partial charge in [-0.3, -0.25) is 9.18 Å². The van der Waals surface area contributed by atoms with Crippen molar-refractivity contribution >= 4 is 28.1 Å². The topological polar surface area (TPSA) is 100 Å². The van der Waals surface area contributed by atoms with Crippen LogP contribution in [0.25, 0.3) is 0 Å². The average Bonchev–Trinajstić information content (AvgIpc) is 2.43.